The number of para-hydroxylation sites is 2. The smallest absolute Gasteiger partial charge is 0.124 e. The molecule has 5 aromatic rings. The van der Waals surface area contributed by atoms with Crippen LogP contribution in [-0.2, 0) is 21.1 Å². The van der Waals surface area contributed by atoms with Gasteiger partial charge in [-0.3, -0.25) is 9.98 Å². The Bertz CT molecular complexity index is 1390. The maximum atomic E-state index is 10.4. The number of hydrogen-bond donors (Lipinski definition) is 2. The summed E-state index contributed by atoms with van der Waals surface area (Å²) in [5.41, 5.74) is 2.65. The molecule has 0 atom stereocenters. The second kappa shape index (κ2) is 9.81. The Morgan fingerprint density at radius 1 is 0.485 bits per heavy atom. The van der Waals surface area contributed by atoms with Crippen molar-refractivity contribution >= 4 is 45.3 Å². The topological polar surface area (TPSA) is 65.2 Å². The third-order valence-corrected chi connectivity index (χ3v) is 5.44. The summed E-state index contributed by atoms with van der Waals surface area (Å²) in [5.74, 6) is 0.350. The van der Waals surface area contributed by atoms with Gasteiger partial charge in [-0.1, -0.05) is 72.8 Å². The number of aromatic hydroxyl groups is 2. The number of phenols is 2. The number of rotatable bonds is 4. The van der Waals surface area contributed by atoms with Crippen molar-refractivity contribution in [2.45, 2.75) is 0 Å². The van der Waals surface area contributed by atoms with Gasteiger partial charge in [-0.05, 0) is 45.8 Å². The van der Waals surface area contributed by atoms with Gasteiger partial charge < -0.3 is 10.2 Å². The van der Waals surface area contributed by atoms with Gasteiger partial charge in [0.1, 0.15) is 11.5 Å². The van der Waals surface area contributed by atoms with E-state index in [4.69, 9.17) is 0 Å². The maximum absolute atomic E-state index is 10.4. The van der Waals surface area contributed by atoms with E-state index in [1.165, 1.54) is 0 Å². The molecule has 5 aromatic carbocycles. The standard InChI is InChI=1S/C28H20N2O2.Pt/c31-27-15-13-19-7-1-3-9-21(19)23(27)17-29-25-11-5-6-12-26(25)30-18-24-22-10-4-2-8-20(22)14-16-28(24)32;/h1-18,31-32H;. The van der Waals surface area contributed by atoms with Crippen LogP contribution in [0.3, 0.4) is 0 Å². The van der Waals surface area contributed by atoms with E-state index in [1.54, 1.807) is 24.6 Å². The third-order valence-electron chi connectivity index (χ3n) is 5.44. The Balaban J connectivity index is 0.00000259. The van der Waals surface area contributed by atoms with E-state index in [2.05, 4.69) is 9.98 Å². The zero-order chi connectivity index (χ0) is 21.9. The van der Waals surface area contributed by atoms with Crippen molar-refractivity contribution in [3.8, 4) is 11.5 Å². The van der Waals surface area contributed by atoms with Crippen LogP contribution in [0.4, 0.5) is 11.4 Å². The molecule has 2 N–H and O–H groups in total. The predicted molar refractivity (Wildman–Crippen MR) is 132 cm³/mol. The summed E-state index contributed by atoms with van der Waals surface area (Å²) < 4.78 is 0. The van der Waals surface area contributed by atoms with Crippen molar-refractivity contribution in [2.75, 3.05) is 0 Å². The Morgan fingerprint density at radius 3 is 1.33 bits per heavy atom. The second-order valence-electron chi connectivity index (χ2n) is 7.44. The van der Waals surface area contributed by atoms with Crippen molar-refractivity contribution in [2.24, 2.45) is 9.98 Å². The van der Waals surface area contributed by atoms with Crippen LogP contribution >= 0.6 is 0 Å². The van der Waals surface area contributed by atoms with E-state index in [9.17, 15) is 10.2 Å². The molecular weight excluding hydrogens is 591 g/mol. The van der Waals surface area contributed by atoms with E-state index in [-0.39, 0.29) is 32.6 Å². The number of benzene rings is 5. The molecule has 0 fully saturated rings. The minimum atomic E-state index is 0. The molecule has 4 nitrogen and oxygen atoms in total. The Kier molecular flexibility index (Phi) is 6.67. The summed E-state index contributed by atoms with van der Waals surface area (Å²) in [6, 6.07) is 30.4. The molecule has 5 rings (SSSR count). The van der Waals surface area contributed by atoms with Gasteiger partial charge in [0.25, 0.3) is 0 Å². The second-order valence-corrected chi connectivity index (χ2v) is 7.44. The molecule has 0 aliphatic rings. The molecule has 5 heteroatoms. The zero-order valence-corrected chi connectivity index (χ0v) is 19.8. The molecule has 0 aromatic heterocycles. The number of nitrogens with zero attached hydrogens (tertiary/aromatic N) is 2. The van der Waals surface area contributed by atoms with Crippen LogP contribution in [0.25, 0.3) is 21.5 Å². The van der Waals surface area contributed by atoms with E-state index < -0.39 is 0 Å². The van der Waals surface area contributed by atoms with Crippen molar-refractivity contribution in [1.82, 2.24) is 0 Å². The van der Waals surface area contributed by atoms with Crippen molar-refractivity contribution < 1.29 is 31.3 Å². The van der Waals surface area contributed by atoms with Crippen LogP contribution in [0.2, 0.25) is 0 Å². The average Bonchev–Trinajstić information content (AvgIpc) is 2.83. The van der Waals surface area contributed by atoms with Gasteiger partial charge in [0.15, 0.2) is 0 Å². The molecule has 33 heavy (non-hydrogen) atoms. The van der Waals surface area contributed by atoms with E-state index >= 15 is 0 Å². The van der Waals surface area contributed by atoms with Gasteiger partial charge in [-0.2, -0.15) is 0 Å². The van der Waals surface area contributed by atoms with Crippen molar-refractivity contribution in [1.29, 1.82) is 0 Å². The van der Waals surface area contributed by atoms with Crippen LogP contribution in [-0.4, -0.2) is 22.6 Å². The summed E-state index contributed by atoms with van der Waals surface area (Å²) in [6.07, 6.45) is 3.34. The van der Waals surface area contributed by atoms with Crippen molar-refractivity contribution in [3.05, 3.63) is 108 Å². The Labute approximate surface area is 205 Å². The van der Waals surface area contributed by atoms with Crippen LogP contribution in [0.5, 0.6) is 11.5 Å². The molecule has 0 saturated carbocycles. The molecular formula is C28H20N2O2Pt. The fourth-order valence-corrected chi connectivity index (χ4v) is 3.79. The first-order chi connectivity index (χ1) is 15.7. The molecule has 0 radical (unpaired) electrons. The molecule has 0 saturated heterocycles. The van der Waals surface area contributed by atoms with E-state index in [0.29, 0.717) is 22.5 Å². The first-order valence-corrected chi connectivity index (χ1v) is 10.3. The maximum Gasteiger partial charge on any atom is 0.124 e. The van der Waals surface area contributed by atoms with Gasteiger partial charge in [0, 0.05) is 44.6 Å². The SMILES string of the molecule is Oc1ccc2ccccc2c1C=Nc1ccccc1N=Cc1c(O)ccc2ccccc12.[Pt]. The predicted octanol–water partition coefficient (Wildman–Crippen LogP) is 6.90. The van der Waals surface area contributed by atoms with Crippen molar-refractivity contribution in [3.63, 3.8) is 0 Å². The number of hydrogen-bond acceptors (Lipinski definition) is 4. The van der Waals surface area contributed by atoms with E-state index in [0.717, 1.165) is 21.5 Å². The summed E-state index contributed by atoms with van der Waals surface area (Å²) >= 11 is 0. The van der Waals surface area contributed by atoms with Gasteiger partial charge in [-0.25, -0.2) is 0 Å². The van der Waals surface area contributed by atoms with Crippen LogP contribution in [0.15, 0.2) is 107 Å². The Morgan fingerprint density at radius 2 is 0.879 bits per heavy atom. The molecule has 0 bridgehead atoms. The third kappa shape index (κ3) is 4.57. The van der Waals surface area contributed by atoms with Crippen LogP contribution in [0, 0.1) is 0 Å². The molecule has 164 valence electrons. The molecule has 0 heterocycles. The van der Waals surface area contributed by atoms with Crippen LogP contribution in [0.1, 0.15) is 11.1 Å². The first kappa shape index (κ1) is 22.4. The molecule has 0 spiro atoms. The Hall–Kier alpha value is -3.75. The fourth-order valence-electron chi connectivity index (χ4n) is 3.79. The van der Waals surface area contributed by atoms with Gasteiger partial charge >= 0.3 is 0 Å². The number of fused-ring (bicyclic) bond motifs is 2. The first-order valence-electron chi connectivity index (χ1n) is 10.3. The normalized spacial score (nSPS) is 11.4. The fraction of sp³-hybridized carbons (Fsp3) is 0. The van der Waals surface area contributed by atoms with E-state index in [1.807, 2.05) is 84.9 Å². The summed E-state index contributed by atoms with van der Waals surface area (Å²) in [6.45, 7) is 0. The molecule has 0 amide bonds. The quantitative estimate of drug-likeness (QED) is 0.217. The van der Waals surface area contributed by atoms with Gasteiger partial charge in [0.2, 0.25) is 0 Å². The minimum absolute atomic E-state index is 0. The molecule has 0 aliphatic heterocycles. The van der Waals surface area contributed by atoms with Crippen LogP contribution < -0.4 is 0 Å². The summed E-state index contributed by atoms with van der Waals surface area (Å²) in [4.78, 5) is 9.25. The number of aliphatic imine (C=N–C) groups is 2. The average molecular weight is 612 g/mol. The summed E-state index contributed by atoms with van der Waals surface area (Å²) in [5, 5.41) is 24.7. The monoisotopic (exact) mass is 611 g/mol. The largest absolute Gasteiger partial charge is 0.507 e. The van der Waals surface area contributed by atoms with Gasteiger partial charge in [-0.15, -0.1) is 0 Å². The molecule has 0 aliphatic carbocycles. The number of phenolic OH excluding ortho intramolecular Hbond substituents is 2. The minimum Gasteiger partial charge on any atom is -0.507 e. The van der Waals surface area contributed by atoms with Gasteiger partial charge in [0.05, 0.1) is 11.4 Å². The summed E-state index contributed by atoms with van der Waals surface area (Å²) in [7, 11) is 0. The molecule has 0 unspecified atom stereocenters. The zero-order valence-electron chi connectivity index (χ0n) is 17.5.